The Balaban J connectivity index is 0.917. The van der Waals surface area contributed by atoms with Crippen molar-refractivity contribution in [3.63, 3.8) is 0 Å². The van der Waals surface area contributed by atoms with Crippen molar-refractivity contribution >= 4 is 79.7 Å². The van der Waals surface area contributed by atoms with Gasteiger partial charge in [0.25, 0.3) is 11.8 Å². The molecule has 3 N–H and O–H groups in total. The maximum atomic E-state index is 15.5. The molecule has 2 saturated heterocycles. The summed E-state index contributed by atoms with van der Waals surface area (Å²) in [7, 11) is 0. The number of unbranched alkanes of at least 4 members (excludes halogenated alkanes) is 3. The van der Waals surface area contributed by atoms with Gasteiger partial charge in [-0.2, -0.15) is 0 Å². The first-order valence-corrected chi connectivity index (χ1v) is 21.2. The molecule has 4 aromatic rings. The van der Waals surface area contributed by atoms with E-state index in [1.165, 1.54) is 23.2 Å². The normalized spacial score (nSPS) is 16.3. The van der Waals surface area contributed by atoms with Crippen molar-refractivity contribution in [1.29, 1.82) is 0 Å². The minimum absolute atomic E-state index is 0.0900. The van der Waals surface area contributed by atoms with E-state index in [4.69, 9.17) is 28.3 Å². The Morgan fingerprint density at radius 1 is 1.02 bits per heavy atom. The summed E-state index contributed by atoms with van der Waals surface area (Å²) in [6.07, 6.45) is 6.49. The van der Waals surface area contributed by atoms with Crippen LogP contribution in [0.15, 0.2) is 65.4 Å². The van der Waals surface area contributed by atoms with Crippen LogP contribution in [0.2, 0.25) is 0 Å². The number of carbonyl (C=O) groups excluding carboxylic acids is 3. The fourth-order valence-electron chi connectivity index (χ4n) is 7.16. The molecule has 14 nitrogen and oxygen atoms in total. The van der Waals surface area contributed by atoms with E-state index in [9.17, 15) is 14.4 Å². The first-order valence-electron chi connectivity index (χ1n) is 20.0. The van der Waals surface area contributed by atoms with Crippen LogP contribution in [0.5, 0.6) is 5.75 Å². The van der Waals surface area contributed by atoms with E-state index < -0.39 is 23.3 Å². The summed E-state index contributed by atoms with van der Waals surface area (Å²) < 4.78 is 28.5. The van der Waals surface area contributed by atoms with Crippen LogP contribution in [0.3, 0.4) is 0 Å². The summed E-state index contributed by atoms with van der Waals surface area (Å²) in [6.45, 7) is 20.0. The van der Waals surface area contributed by atoms with E-state index in [0.717, 1.165) is 54.5 Å². The number of anilines is 4. The minimum Gasteiger partial charge on any atom is -0.489 e. The smallest absolute Gasteiger partial charge is 0.325 e. The minimum atomic E-state index is -1.12. The van der Waals surface area contributed by atoms with E-state index in [0.29, 0.717) is 66.2 Å². The van der Waals surface area contributed by atoms with Crippen LogP contribution < -0.4 is 30.5 Å². The van der Waals surface area contributed by atoms with Crippen LogP contribution in [0.4, 0.5) is 37.8 Å². The van der Waals surface area contributed by atoms with Crippen LogP contribution in [0.1, 0.15) is 66.7 Å². The summed E-state index contributed by atoms with van der Waals surface area (Å²) in [5.41, 5.74) is 3.05. The molecule has 3 heterocycles. The number of carbonyl (C=O) groups is 3. The maximum Gasteiger partial charge on any atom is 0.325 e. The number of rotatable bonds is 15. The zero-order chi connectivity index (χ0) is 43.8. The summed E-state index contributed by atoms with van der Waals surface area (Å²) in [4.78, 5) is 56.4. The van der Waals surface area contributed by atoms with Crippen LogP contribution in [-0.2, 0) is 9.53 Å². The number of amides is 4. The number of aryl methyl sites for hydroxylation is 3. The van der Waals surface area contributed by atoms with Gasteiger partial charge in [0.2, 0.25) is 0 Å². The van der Waals surface area contributed by atoms with Gasteiger partial charge in [-0.3, -0.25) is 29.7 Å². The molecule has 2 aliphatic rings. The molecule has 2 fully saturated rings. The third-order valence-corrected chi connectivity index (χ3v) is 11.8. The molecule has 2 aliphatic heterocycles. The van der Waals surface area contributed by atoms with Crippen molar-refractivity contribution < 1.29 is 28.2 Å². The molecule has 0 unspecified atom stereocenters. The Morgan fingerprint density at radius 2 is 1.79 bits per heavy atom. The van der Waals surface area contributed by atoms with Gasteiger partial charge in [0.1, 0.15) is 29.8 Å². The molecule has 1 atom stereocenters. The number of nitrogens with one attached hydrogen (secondary N) is 3. The summed E-state index contributed by atoms with van der Waals surface area (Å²) in [5, 5.41) is 8.54. The zero-order valence-corrected chi connectivity index (χ0v) is 37.2. The van der Waals surface area contributed by atoms with Crippen LogP contribution >= 0.6 is 28.1 Å². The van der Waals surface area contributed by atoms with Gasteiger partial charge in [-0.05, 0) is 120 Å². The van der Waals surface area contributed by atoms with Gasteiger partial charge >= 0.3 is 6.03 Å². The molecule has 4 amide bonds. The molecular formula is C44H49BrFN9O5S. The lowest BCUT2D eigenvalue weighted by Crippen LogP contribution is -2.45. The lowest BCUT2D eigenvalue weighted by molar-refractivity contribution is -0.120. The quantitative estimate of drug-likeness (QED) is 0.0604. The highest BCUT2D eigenvalue weighted by Crippen LogP contribution is 2.38. The summed E-state index contributed by atoms with van der Waals surface area (Å²) in [6, 6.07) is 12.5. The lowest BCUT2D eigenvalue weighted by atomic mass is 10.0. The molecule has 0 aliphatic carbocycles. The predicted octanol–water partition coefficient (Wildman–Crippen LogP) is 8.48. The Morgan fingerprint density at radius 3 is 2.51 bits per heavy atom. The molecule has 320 valence electrons. The highest BCUT2D eigenvalue weighted by molar-refractivity contribution is 9.10. The van der Waals surface area contributed by atoms with E-state index >= 15 is 4.39 Å². The molecule has 17 heteroatoms. The topological polar surface area (TPSA) is 146 Å². The Bertz CT molecular complexity index is 2340. The molecule has 3 aromatic carbocycles. The number of nitrogens with zero attached hydrogens (tertiary/aromatic N) is 6. The Hall–Kier alpha value is -5.54. The van der Waals surface area contributed by atoms with E-state index in [1.807, 2.05) is 19.9 Å². The van der Waals surface area contributed by atoms with Gasteiger partial charge in [-0.1, -0.05) is 34.8 Å². The van der Waals surface area contributed by atoms with Crippen LogP contribution in [-0.4, -0.2) is 88.9 Å². The Labute approximate surface area is 369 Å². The molecule has 0 spiro atoms. The number of hydrogen-bond acceptors (Lipinski definition) is 9. The standard InChI is InChI=1S/C44H49BrFN9O5S/c1-27-20-38(37(22-34(27)45)51-42(58)52-39-24-49-29(3)23-50-39)60-26-32-25-53(17-18-59-32)16-10-8-7-9-15-48-40(56)33-13-11-31(21-35(33)46)55-43(61)54(41(57)44(55,4)5)30-12-14-36(47-6)28(2)19-30/h11-14,19-24,32H,7-10,15-18,25-26H2,1-5H3,(H,48,56)(H2,50,51,52,58)/t32-/m0/s1. The van der Waals surface area contributed by atoms with E-state index in [-0.39, 0.29) is 22.7 Å². The van der Waals surface area contributed by atoms with Crippen LogP contribution in [0, 0.1) is 33.2 Å². The monoisotopic (exact) mass is 913 g/mol. The first-order chi connectivity index (χ1) is 29.2. The second-order valence-corrected chi connectivity index (χ2v) is 16.8. The highest BCUT2D eigenvalue weighted by atomic mass is 79.9. The first kappa shape index (κ1) is 45.0. The maximum absolute atomic E-state index is 15.5. The lowest BCUT2D eigenvalue weighted by Gasteiger charge is -2.33. The van der Waals surface area contributed by atoms with Crippen LogP contribution in [0.25, 0.3) is 4.85 Å². The molecule has 1 aromatic heterocycles. The summed E-state index contributed by atoms with van der Waals surface area (Å²) in [5.74, 6) is -0.661. The van der Waals surface area contributed by atoms with E-state index in [2.05, 4.69) is 51.6 Å². The van der Waals surface area contributed by atoms with Gasteiger partial charge in [-0.25, -0.2) is 19.0 Å². The number of hydrogen-bond donors (Lipinski definition) is 3. The molecule has 0 radical (unpaired) electrons. The van der Waals surface area contributed by atoms with Crippen molar-refractivity contribution in [1.82, 2.24) is 20.2 Å². The SMILES string of the molecule is [C-]#[N+]c1ccc(N2C(=O)C(C)(C)N(c3ccc(C(=O)NCCCCCCN4CCO[C@H](COc5cc(C)c(Br)cc5NC(=O)Nc5cnc(C)cn5)C4)c(F)c3)C2=S)cc1C. The third kappa shape index (κ3) is 10.9. The number of halogens is 2. The van der Waals surface area contributed by atoms with Gasteiger partial charge in [-0.15, -0.1) is 0 Å². The van der Waals surface area contributed by atoms with E-state index in [1.54, 1.807) is 62.2 Å². The average Bonchev–Trinajstić information content (AvgIpc) is 3.40. The largest absolute Gasteiger partial charge is 0.489 e. The fraction of sp³-hybridized carbons (Fsp3) is 0.386. The second kappa shape index (κ2) is 19.9. The van der Waals surface area contributed by atoms with Crippen molar-refractivity contribution in [2.24, 2.45) is 0 Å². The number of urea groups is 1. The number of thiocarbonyl (C=S) groups is 1. The molecule has 0 bridgehead atoms. The highest BCUT2D eigenvalue weighted by Gasteiger charge is 2.50. The van der Waals surface area contributed by atoms with Crippen molar-refractivity contribution in [3.8, 4) is 5.75 Å². The predicted molar refractivity (Wildman–Crippen MR) is 241 cm³/mol. The van der Waals surface area contributed by atoms with Crippen molar-refractivity contribution in [3.05, 3.63) is 105 Å². The second-order valence-electron chi connectivity index (χ2n) is 15.6. The number of aromatic nitrogens is 2. The number of morpholine rings is 1. The molecule has 61 heavy (non-hydrogen) atoms. The van der Waals surface area contributed by atoms with Gasteiger partial charge in [0.05, 0.1) is 42.5 Å². The molecule has 6 rings (SSSR count). The average molecular weight is 915 g/mol. The fourth-order valence-corrected chi connectivity index (χ4v) is 8.03. The molecular weight excluding hydrogens is 866 g/mol. The number of ether oxygens (including phenoxy) is 2. The van der Waals surface area contributed by atoms with Gasteiger partial charge in [0, 0.05) is 35.5 Å². The van der Waals surface area contributed by atoms with Gasteiger partial charge < -0.3 is 25.0 Å². The zero-order valence-electron chi connectivity index (χ0n) is 34.8. The molecule has 0 saturated carbocycles. The summed E-state index contributed by atoms with van der Waals surface area (Å²) >= 11 is 9.27. The third-order valence-electron chi connectivity index (χ3n) is 10.5. The van der Waals surface area contributed by atoms with Gasteiger partial charge in [0.15, 0.2) is 16.6 Å². The Kier molecular flexibility index (Phi) is 14.7. The van der Waals surface area contributed by atoms with Crippen molar-refractivity contribution in [2.45, 2.75) is 71.9 Å². The van der Waals surface area contributed by atoms with Crippen molar-refractivity contribution in [2.75, 3.05) is 59.8 Å². The number of benzene rings is 3.